The van der Waals surface area contributed by atoms with Gasteiger partial charge in [-0.1, -0.05) is 12.1 Å². The van der Waals surface area contributed by atoms with Crippen molar-refractivity contribution in [1.82, 2.24) is 0 Å². The number of benzene rings is 1. The number of carbonyl (C=O) groups is 1. The third-order valence-electron chi connectivity index (χ3n) is 2.50. The molecule has 0 spiro atoms. The molecule has 0 aliphatic rings. The molecular formula is C13H19NO2. The monoisotopic (exact) mass is 221 g/mol. The molecule has 0 amide bonds. The quantitative estimate of drug-likeness (QED) is 0.523. The number of carbonyl (C=O) groups excluding carboxylic acids is 1. The van der Waals surface area contributed by atoms with Crippen LogP contribution in [-0.2, 0) is 4.74 Å². The number of anilines is 1. The van der Waals surface area contributed by atoms with Crippen molar-refractivity contribution < 1.29 is 9.53 Å². The average molecular weight is 221 g/mol. The molecular weight excluding hydrogens is 202 g/mol. The van der Waals surface area contributed by atoms with E-state index in [0.717, 1.165) is 37.2 Å². The Kier molecular flexibility index (Phi) is 5.57. The van der Waals surface area contributed by atoms with E-state index in [2.05, 4.69) is 11.8 Å². The Morgan fingerprint density at radius 3 is 2.69 bits per heavy atom. The number of nitrogens with zero attached hydrogens (tertiary/aromatic N) is 1. The van der Waals surface area contributed by atoms with E-state index in [9.17, 15) is 4.79 Å². The average Bonchev–Trinajstić information content (AvgIpc) is 2.35. The fourth-order valence-corrected chi connectivity index (χ4v) is 1.64. The van der Waals surface area contributed by atoms with E-state index in [0.29, 0.717) is 6.61 Å². The van der Waals surface area contributed by atoms with Crippen LogP contribution in [0.15, 0.2) is 24.3 Å². The minimum atomic E-state index is 0.692. The lowest BCUT2D eigenvalue weighted by atomic mass is 10.2. The molecule has 16 heavy (non-hydrogen) atoms. The van der Waals surface area contributed by atoms with Gasteiger partial charge < -0.3 is 9.64 Å². The van der Waals surface area contributed by atoms with Crippen molar-refractivity contribution in [3.8, 4) is 0 Å². The summed E-state index contributed by atoms with van der Waals surface area (Å²) in [6, 6.07) is 7.64. The van der Waals surface area contributed by atoms with Crippen LogP contribution in [0.4, 0.5) is 5.69 Å². The van der Waals surface area contributed by atoms with Crippen LogP contribution in [-0.4, -0.2) is 32.6 Å². The number of likely N-dealkylation sites (N-methyl/N-ethyl adjacent to an activating group) is 1. The first-order chi connectivity index (χ1) is 7.83. The molecule has 0 N–H and O–H groups in total. The highest BCUT2D eigenvalue weighted by Crippen LogP contribution is 2.18. The Bertz CT molecular complexity index is 325. The van der Waals surface area contributed by atoms with E-state index in [4.69, 9.17) is 4.74 Å². The predicted octanol–water partition coefficient (Wildman–Crippen LogP) is 2.36. The number of rotatable bonds is 7. The predicted molar refractivity (Wildman–Crippen MR) is 66.2 cm³/mol. The van der Waals surface area contributed by atoms with E-state index >= 15 is 0 Å². The molecule has 0 aromatic heterocycles. The Balaban J connectivity index is 2.73. The van der Waals surface area contributed by atoms with Gasteiger partial charge in [0.05, 0.1) is 6.61 Å². The molecule has 0 heterocycles. The van der Waals surface area contributed by atoms with Crippen LogP contribution in [0, 0.1) is 0 Å². The van der Waals surface area contributed by atoms with E-state index < -0.39 is 0 Å². The number of para-hydroxylation sites is 1. The van der Waals surface area contributed by atoms with Gasteiger partial charge in [-0.15, -0.1) is 0 Å². The smallest absolute Gasteiger partial charge is 0.152 e. The first kappa shape index (κ1) is 12.7. The molecule has 1 rings (SSSR count). The van der Waals surface area contributed by atoms with Gasteiger partial charge in [0.15, 0.2) is 6.29 Å². The molecule has 0 unspecified atom stereocenters. The SMILES string of the molecule is CCOCCN(CC)c1ccccc1C=O. The molecule has 1 aromatic carbocycles. The van der Waals surface area contributed by atoms with Gasteiger partial charge in [0.25, 0.3) is 0 Å². The maximum atomic E-state index is 10.9. The molecule has 0 radical (unpaired) electrons. The first-order valence-corrected chi connectivity index (χ1v) is 5.70. The summed E-state index contributed by atoms with van der Waals surface area (Å²) in [5.74, 6) is 0. The van der Waals surface area contributed by atoms with Gasteiger partial charge in [-0.2, -0.15) is 0 Å². The lowest BCUT2D eigenvalue weighted by molar-refractivity contribution is 0.112. The molecule has 3 heteroatoms. The van der Waals surface area contributed by atoms with Crippen molar-refractivity contribution in [2.75, 3.05) is 31.2 Å². The molecule has 0 bridgehead atoms. The largest absolute Gasteiger partial charge is 0.380 e. The summed E-state index contributed by atoms with van der Waals surface area (Å²) in [6.07, 6.45) is 0.901. The fraction of sp³-hybridized carbons (Fsp3) is 0.462. The molecule has 3 nitrogen and oxygen atoms in total. The van der Waals surface area contributed by atoms with Crippen LogP contribution in [0.2, 0.25) is 0 Å². The minimum absolute atomic E-state index is 0.692. The highest BCUT2D eigenvalue weighted by atomic mass is 16.5. The summed E-state index contributed by atoms with van der Waals surface area (Å²) in [4.78, 5) is 13.1. The molecule has 0 aliphatic heterocycles. The zero-order valence-electron chi connectivity index (χ0n) is 9.98. The van der Waals surface area contributed by atoms with Crippen LogP contribution in [0.5, 0.6) is 0 Å². The first-order valence-electron chi connectivity index (χ1n) is 5.70. The summed E-state index contributed by atoms with van der Waals surface area (Å²) >= 11 is 0. The topological polar surface area (TPSA) is 29.5 Å². The zero-order chi connectivity index (χ0) is 11.8. The van der Waals surface area contributed by atoms with Crippen molar-refractivity contribution in [2.45, 2.75) is 13.8 Å². The molecule has 0 fully saturated rings. The Morgan fingerprint density at radius 1 is 1.31 bits per heavy atom. The third kappa shape index (κ3) is 3.35. The van der Waals surface area contributed by atoms with Gasteiger partial charge in [0.2, 0.25) is 0 Å². The van der Waals surface area contributed by atoms with Gasteiger partial charge in [-0.3, -0.25) is 4.79 Å². The van der Waals surface area contributed by atoms with E-state index in [1.54, 1.807) is 0 Å². The lowest BCUT2D eigenvalue weighted by Gasteiger charge is -2.24. The maximum Gasteiger partial charge on any atom is 0.152 e. The van der Waals surface area contributed by atoms with Crippen LogP contribution in [0.1, 0.15) is 24.2 Å². The van der Waals surface area contributed by atoms with Gasteiger partial charge >= 0.3 is 0 Å². The summed E-state index contributed by atoms with van der Waals surface area (Å²) in [5.41, 5.74) is 1.72. The van der Waals surface area contributed by atoms with Crippen molar-refractivity contribution in [3.05, 3.63) is 29.8 Å². The van der Waals surface area contributed by atoms with Crippen molar-refractivity contribution >= 4 is 12.0 Å². The van der Waals surface area contributed by atoms with Crippen LogP contribution < -0.4 is 4.90 Å². The van der Waals surface area contributed by atoms with E-state index in [1.807, 2.05) is 31.2 Å². The van der Waals surface area contributed by atoms with E-state index in [1.165, 1.54) is 0 Å². The van der Waals surface area contributed by atoms with Gasteiger partial charge in [0.1, 0.15) is 0 Å². The van der Waals surface area contributed by atoms with Gasteiger partial charge in [-0.25, -0.2) is 0 Å². The lowest BCUT2D eigenvalue weighted by Crippen LogP contribution is -2.28. The zero-order valence-corrected chi connectivity index (χ0v) is 9.98. The number of aldehydes is 1. The fourth-order valence-electron chi connectivity index (χ4n) is 1.64. The standard InChI is InChI=1S/C13H19NO2/c1-3-14(9-10-16-4-2)13-8-6-5-7-12(13)11-15/h5-8,11H,3-4,9-10H2,1-2H3. The second-order valence-corrected chi connectivity index (χ2v) is 3.45. The third-order valence-corrected chi connectivity index (χ3v) is 2.50. The highest BCUT2D eigenvalue weighted by molar-refractivity contribution is 5.84. The van der Waals surface area contributed by atoms with Gasteiger partial charge in [0, 0.05) is 30.9 Å². The highest BCUT2D eigenvalue weighted by Gasteiger charge is 2.07. The second kappa shape index (κ2) is 7.01. The molecule has 0 saturated heterocycles. The van der Waals surface area contributed by atoms with Crippen molar-refractivity contribution in [1.29, 1.82) is 0 Å². The van der Waals surface area contributed by atoms with E-state index in [-0.39, 0.29) is 0 Å². The normalized spacial score (nSPS) is 10.1. The summed E-state index contributed by atoms with van der Waals surface area (Å²) in [7, 11) is 0. The summed E-state index contributed by atoms with van der Waals surface area (Å²) in [6.45, 7) is 7.17. The maximum absolute atomic E-state index is 10.9. The van der Waals surface area contributed by atoms with Crippen molar-refractivity contribution in [2.24, 2.45) is 0 Å². The Labute approximate surface area is 97.0 Å². The summed E-state index contributed by atoms with van der Waals surface area (Å²) < 4.78 is 5.33. The molecule has 88 valence electrons. The van der Waals surface area contributed by atoms with Gasteiger partial charge in [-0.05, 0) is 26.0 Å². The second-order valence-electron chi connectivity index (χ2n) is 3.45. The Hall–Kier alpha value is -1.35. The molecule has 1 aromatic rings. The number of ether oxygens (including phenoxy) is 1. The minimum Gasteiger partial charge on any atom is -0.380 e. The van der Waals surface area contributed by atoms with Crippen LogP contribution >= 0.6 is 0 Å². The van der Waals surface area contributed by atoms with Crippen LogP contribution in [0.25, 0.3) is 0 Å². The number of hydrogen-bond acceptors (Lipinski definition) is 3. The molecule has 0 aliphatic carbocycles. The molecule has 0 saturated carbocycles. The van der Waals surface area contributed by atoms with Crippen LogP contribution in [0.3, 0.4) is 0 Å². The number of hydrogen-bond donors (Lipinski definition) is 0. The Morgan fingerprint density at radius 2 is 2.06 bits per heavy atom. The summed E-state index contributed by atoms with van der Waals surface area (Å²) in [5, 5.41) is 0. The molecule has 0 atom stereocenters. The van der Waals surface area contributed by atoms with Crippen molar-refractivity contribution in [3.63, 3.8) is 0 Å².